The van der Waals surface area contributed by atoms with E-state index in [2.05, 4.69) is 0 Å². The molecule has 4 aromatic rings. The molecule has 1 heterocycles. The van der Waals surface area contributed by atoms with Crippen molar-refractivity contribution in [1.29, 1.82) is 0 Å². The second-order valence-corrected chi connectivity index (χ2v) is 10.0. The van der Waals surface area contributed by atoms with Gasteiger partial charge >= 0.3 is 0 Å². The predicted octanol–water partition coefficient (Wildman–Crippen LogP) is 7.82. The van der Waals surface area contributed by atoms with Crippen molar-refractivity contribution in [3.05, 3.63) is 118 Å². The van der Waals surface area contributed by atoms with Crippen LogP contribution in [0, 0.1) is 6.92 Å². The Labute approximate surface area is 238 Å². The van der Waals surface area contributed by atoms with Crippen molar-refractivity contribution in [3.63, 3.8) is 0 Å². The fraction of sp³-hybridized carbons (Fsp3) is 0.161. The smallest absolute Gasteiger partial charge is 0.198 e. The van der Waals surface area contributed by atoms with Gasteiger partial charge in [-0.3, -0.25) is 9.69 Å². The molecule has 0 saturated heterocycles. The van der Waals surface area contributed by atoms with E-state index in [1.54, 1.807) is 19.2 Å². The number of hydrazone groups is 1. The third-order valence-electron chi connectivity index (χ3n) is 6.41. The molecule has 0 N–H and O–H groups in total. The highest BCUT2D eigenvalue weighted by molar-refractivity contribution is 6.44. The van der Waals surface area contributed by atoms with Crippen LogP contribution in [0.3, 0.4) is 0 Å². The van der Waals surface area contributed by atoms with Crippen LogP contribution in [0.25, 0.3) is 0 Å². The van der Waals surface area contributed by atoms with E-state index in [4.69, 9.17) is 37.8 Å². The number of ether oxygens (including phenoxy) is 2. The summed E-state index contributed by atoms with van der Waals surface area (Å²) in [4.78, 5) is 14.8. The number of aryl methyl sites for hydroxylation is 1. The molecule has 0 aliphatic carbocycles. The summed E-state index contributed by atoms with van der Waals surface area (Å²) in [7, 11) is 1.60. The van der Waals surface area contributed by atoms with Crippen molar-refractivity contribution in [1.82, 2.24) is 0 Å². The number of anilines is 2. The molecule has 0 unspecified atom stereocenters. The van der Waals surface area contributed by atoms with Crippen LogP contribution in [-0.4, -0.2) is 18.7 Å². The van der Waals surface area contributed by atoms with Crippen molar-refractivity contribution in [3.8, 4) is 11.5 Å². The Kier molecular flexibility index (Phi) is 7.77. The van der Waals surface area contributed by atoms with Crippen LogP contribution in [0.2, 0.25) is 10.0 Å². The number of hydrogen-bond donors (Lipinski definition) is 0. The van der Waals surface area contributed by atoms with E-state index in [-0.39, 0.29) is 12.4 Å². The summed E-state index contributed by atoms with van der Waals surface area (Å²) in [6, 6.07) is 28.9. The third kappa shape index (κ3) is 5.58. The summed E-state index contributed by atoms with van der Waals surface area (Å²) in [6.07, 6.45) is -0.443. The van der Waals surface area contributed by atoms with Gasteiger partial charge in [0.15, 0.2) is 29.3 Å². The highest BCUT2D eigenvalue weighted by Crippen LogP contribution is 2.42. The highest BCUT2D eigenvalue weighted by Gasteiger charge is 2.39. The van der Waals surface area contributed by atoms with E-state index < -0.39 is 6.17 Å². The number of halogens is 2. The van der Waals surface area contributed by atoms with Gasteiger partial charge in [-0.25, -0.2) is 5.01 Å². The minimum absolute atomic E-state index is 0.133. The van der Waals surface area contributed by atoms with Crippen molar-refractivity contribution in [2.75, 3.05) is 17.0 Å². The Morgan fingerprint density at radius 2 is 1.67 bits per heavy atom. The molecule has 8 heteroatoms. The summed E-state index contributed by atoms with van der Waals surface area (Å²) >= 11 is 12.4. The summed E-state index contributed by atoms with van der Waals surface area (Å²) < 4.78 is 11.8. The lowest BCUT2D eigenvalue weighted by Gasteiger charge is -2.32. The fourth-order valence-electron chi connectivity index (χ4n) is 4.54. The predicted molar refractivity (Wildman–Crippen MR) is 157 cm³/mol. The number of carbonyl (C=O) groups excluding carboxylic acids is 1. The quantitative estimate of drug-likeness (QED) is 0.220. The average molecular weight is 560 g/mol. The van der Waals surface area contributed by atoms with Crippen LogP contribution in [0.5, 0.6) is 11.5 Å². The maximum absolute atomic E-state index is 12.9. The number of para-hydroxylation sites is 1. The zero-order valence-electron chi connectivity index (χ0n) is 21.8. The molecule has 0 aromatic heterocycles. The maximum atomic E-state index is 12.9. The number of methoxy groups -OCH3 is 1. The van der Waals surface area contributed by atoms with Crippen molar-refractivity contribution >= 4 is 46.2 Å². The largest absolute Gasteiger partial charge is 0.493 e. The molecular weight excluding hydrogens is 533 g/mol. The van der Waals surface area contributed by atoms with Crippen LogP contribution in [0.15, 0.2) is 96.1 Å². The monoisotopic (exact) mass is 559 g/mol. The molecule has 4 aromatic carbocycles. The Morgan fingerprint density at radius 3 is 2.36 bits per heavy atom. The van der Waals surface area contributed by atoms with E-state index in [0.717, 1.165) is 28.1 Å². The van der Waals surface area contributed by atoms with Gasteiger partial charge in [-0.05, 0) is 61.0 Å². The van der Waals surface area contributed by atoms with Gasteiger partial charge in [0.05, 0.1) is 12.8 Å². The lowest BCUT2D eigenvalue weighted by atomic mass is 10.1. The summed E-state index contributed by atoms with van der Waals surface area (Å²) in [5, 5.41) is 7.76. The van der Waals surface area contributed by atoms with Crippen LogP contribution < -0.4 is 19.4 Å². The van der Waals surface area contributed by atoms with Gasteiger partial charge in [0, 0.05) is 33.8 Å². The zero-order valence-corrected chi connectivity index (χ0v) is 23.3. The van der Waals surface area contributed by atoms with Gasteiger partial charge < -0.3 is 9.47 Å². The molecule has 0 radical (unpaired) electrons. The number of benzene rings is 4. The topological polar surface area (TPSA) is 54.4 Å². The molecule has 198 valence electrons. The Bertz CT molecular complexity index is 1540. The molecule has 0 fully saturated rings. The van der Waals surface area contributed by atoms with Crippen LogP contribution in [0.1, 0.15) is 29.8 Å². The van der Waals surface area contributed by atoms with Crippen LogP contribution in [-0.2, 0) is 11.4 Å². The van der Waals surface area contributed by atoms with Crippen LogP contribution in [0.4, 0.5) is 11.4 Å². The minimum atomic E-state index is -0.443. The van der Waals surface area contributed by atoms with Gasteiger partial charge in [-0.1, -0.05) is 65.7 Å². The first kappa shape index (κ1) is 26.6. The lowest BCUT2D eigenvalue weighted by Crippen LogP contribution is -2.37. The Balaban J connectivity index is 1.56. The maximum Gasteiger partial charge on any atom is 0.198 e. The SMILES string of the molecule is COc1cc([C@H]2N(c3ccccc3)N=C(C(C)=O)N2c2cccc(C)c2)ccc1OCc1ccc(Cl)cc1Cl. The fourth-order valence-corrected chi connectivity index (χ4v) is 5.00. The number of nitrogens with zero attached hydrogens (tertiary/aromatic N) is 3. The molecule has 1 aliphatic heterocycles. The normalized spacial score (nSPS) is 14.8. The molecule has 6 nitrogen and oxygen atoms in total. The second-order valence-electron chi connectivity index (χ2n) is 9.18. The Hall–Kier alpha value is -4.00. The van der Waals surface area contributed by atoms with Gasteiger partial charge in [-0.2, -0.15) is 0 Å². The molecular formula is C31H27Cl2N3O3. The molecule has 0 saturated carbocycles. The molecule has 0 bridgehead atoms. The van der Waals surface area contributed by atoms with E-state index in [1.807, 2.05) is 95.7 Å². The standard InChI is InChI=1S/C31H27Cl2N3O3/c1-20-8-7-11-26(16-20)35-30(21(2)37)34-36(25-9-5-4-6-10-25)31(35)22-13-15-28(29(17-22)38-3)39-19-23-12-14-24(32)18-27(23)33/h4-18,31H,19H2,1-3H3/t31-/m1/s1. The Morgan fingerprint density at radius 1 is 0.897 bits per heavy atom. The third-order valence-corrected chi connectivity index (χ3v) is 6.99. The number of ketones is 1. The lowest BCUT2D eigenvalue weighted by molar-refractivity contribution is -0.111. The van der Waals surface area contributed by atoms with E-state index >= 15 is 0 Å². The average Bonchev–Trinajstić information content (AvgIpc) is 3.34. The number of Topliss-reactive ketones (excluding diaryl/α,β-unsaturated/α-hetero) is 1. The molecule has 39 heavy (non-hydrogen) atoms. The van der Waals surface area contributed by atoms with Crippen molar-refractivity contribution in [2.45, 2.75) is 26.6 Å². The molecule has 0 amide bonds. The summed E-state index contributed by atoms with van der Waals surface area (Å²) in [6.45, 7) is 3.81. The molecule has 1 atom stereocenters. The van der Waals surface area contributed by atoms with Gasteiger partial charge in [0.25, 0.3) is 0 Å². The molecule has 1 aliphatic rings. The van der Waals surface area contributed by atoms with Crippen LogP contribution >= 0.6 is 23.2 Å². The zero-order chi connectivity index (χ0) is 27.5. The van der Waals surface area contributed by atoms with Gasteiger partial charge in [0.1, 0.15) is 6.61 Å². The number of rotatable bonds is 8. The van der Waals surface area contributed by atoms with Gasteiger partial charge in [0.2, 0.25) is 0 Å². The highest BCUT2D eigenvalue weighted by atomic mass is 35.5. The minimum Gasteiger partial charge on any atom is -0.493 e. The first-order chi connectivity index (χ1) is 18.9. The van der Waals surface area contributed by atoms with E-state index in [1.165, 1.54) is 6.92 Å². The molecule has 0 spiro atoms. The van der Waals surface area contributed by atoms with E-state index in [9.17, 15) is 4.79 Å². The van der Waals surface area contributed by atoms with E-state index in [0.29, 0.717) is 27.4 Å². The second kappa shape index (κ2) is 11.4. The molecule has 5 rings (SSSR count). The number of amidine groups is 1. The number of carbonyl (C=O) groups is 1. The van der Waals surface area contributed by atoms with Crippen molar-refractivity contribution in [2.24, 2.45) is 5.10 Å². The van der Waals surface area contributed by atoms with Gasteiger partial charge in [-0.15, -0.1) is 5.10 Å². The summed E-state index contributed by atoms with van der Waals surface area (Å²) in [5.41, 5.74) is 4.48. The first-order valence-electron chi connectivity index (χ1n) is 12.4. The first-order valence-corrected chi connectivity index (χ1v) is 13.2. The summed E-state index contributed by atoms with van der Waals surface area (Å²) in [5.74, 6) is 1.33. The number of hydrogen-bond acceptors (Lipinski definition) is 6. The van der Waals surface area contributed by atoms with Crippen molar-refractivity contribution < 1.29 is 14.3 Å².